The van der Waals surface area contributed by atoms with Crippen molar-refractivity contribution >= 4 is 15.9 Å². The first-order valence-electron chi connectivity index (χ1n) is 7.30. The summed E-state index contributed by atoms with van der Waals surface area (Å²) in [5.41, 5.74) is 2.40. The van der Waals surface area contributed by atoms with Crippen molar-refractivity contribution in [2.75, 3.05) is 13.1 Å². The molecule has 1 saturated carbocycles. The van der Waals surface area contributed by atoms with E-state index >= 15 is 0 Å². The molecule has 0 spiro atoms. The molecule has 3 rings (SSSR count). The van der Waals surface area contributed by atoms with Crippen LogP contribution in [0.4, 0.5) is 0 Å². The van der Waals surface area contributed by atoms with Crippen LogP contribution in [0, 0.1) is 6.92 Å². The molecule has 4 nitrogen and oxygen atoms in total. The average Bonchev–Trinajstić information content (AvgIpc) is 3.05. The first kappa shape index (κ1) is 13.6. The van der Waals surface area contributed by atoms with Crippen LogP contribution < -0.4 is 5.32 Å². The van der Waals surface area contributed by atoms with Crippen molar-refractivity contribution in [1.29, 1.82) is 0 Å². The summed E-state index contributed by atoms with van der Waals surface area (Å²) in [5.74, 6) is 0. The number of nitrogens with zero attached hydrogens (tertiary/aromatic N) is 3. The van der Waals surface area contributed by atoms with E-state index in [1.54, 1.807) is 0 Å². The fraction of sp³-hybridized carbons (Fsp3) is 0.786. The highest BCUT2D eigenvalue weighted by Gasteiger charge is 2.32. The van der Waals surface area contributed by atoms with Crippen LogP contribution in [0.15, 0.2) is 4.47 Å². The van der Waals surface area contributed by atoms with Crippen molar-refractivity contribution in [2.45, 2.75) is 51.2 Å². The molecule has 0 radical (unpaired) electrons. The van der Waals surface area contributed by atoms with Crippen LogP contribution in [0.3, 0.4) is 0 Å². The summed E-state index contributed by atoms with van der Waals surface area (Å²) in [6, 6.07) is 1.48. The molecule has 1 aromatic heterocycles. The third-order valence-electron chi connectivity index (χ3n) is 4.30. The monoisotopic (exact) mass is 326 g/mol. The molecule has 1 atom stereocenters. The average molecular weight is 327 g/mol. The van der Waals surface area contributed by atoms with E-state index in [-0.39, 0.29) is 0 Å². The summed E-state index contributed by atoms with van der Waals surface area (Å²) < 4.78 is 3.21. The van der Waals surface area contributed by atoms with Crippen molar-refractivity contribution < 1.29 is 0 Å². The highest BCUT2D eigenvalue weighted by molar-refractivity contribution is 9.10. The summed E-state index contributed by atoms with van der Waals surface area (Å²) in [6.45, 7) is 5.45. The second kappa shape index (κ2) is 5.54. The molecule has 19 heavy (non-hydrogen) atoms. The highest BCUT2D eigenvalue weighted by atomic mass is 79.9. The van der Waals surface area contributed by atoms with Gasteiger partial charge in [-0.25, -0.2) is 0 Å². The van der Waals surface area contributed by atoms with E-state index in [0.29, 0.717) is 6.04 Å². The van der Waals surface area contributed by atoms with Gasteiger partial charge >= 0.3 is 0 Å². The summed E-state index contributed by atoms with van der Waals surface area (Å²) >= 11 is 3.69. The zero-order valence-electron chi connectivity index (χ0n) is 11.8. The van der Waals surface area contributed by atoms with Gasteiger partial charge in [0.05, 0.1) is 15.9 Å². The Bertz CT molecular complexity index is 447. The number of nitrogens with one attached hydrogen (secondary N) is 1. The number of aromatic nitrogens is 2. The zero-order chi connectivity index (χ0) is 13.4. The predicted molar refractivity (Wildman–Crippen MR) is 80.1 cm³/mol. The molecule has 5 heteroatoms. The Kier molecular flexibility index (Phi) is 3.96. The van der Waals surface area contributed by atoms with Gasteiger partial charge in [0.15, 0.2) is 0 Å². The van der Waals surface area contributed by atoms with E-state index in [0.717, 1.165) is 18.3 Å². The first-order chi connectivity index (χ1) is 9.15. The van der Waals surface area contributed by atoms with Crippen LogP contribution in [-0.4, -0.2) is 39.9 Å². The third kappa shape index (κ3) is 3.03. The molecule has 1 aliphatic heterocycles. The highest BCUT2D eigenvalue weighted by Crippen LogP contribution is 2.31. The summed E-state index contributed by atoms with van der Waals surface area (Å²) in [7, 11) is 2.05. The maximum absolute atomic E-state index is 4.50. The fourth-order valence-electron chi connectivity index (χ4n) is 3.02. The van der Waals surface area contributed by atoms with Gasteiger partial charge in [0.1, 0.15) is 0 Å². The third-order valence-corrected chi connectivity index (χ3v) is 5.33. The van der Waals surface area contributed by atoms with E-state index in [4.69, 9.17) is 0 Å². The molecule has 0 amide bonds. The number of rotatable bonds is 5. The number of halogens is 1. The van der Waals surface area contributed by atoms with Crippen LogP contribution in [0.2, 0.25) is 0 Å². The Morgan fingerprint density at radius 2 is 2.21 bits per heavy atom. The van der Waals surface area contributed by atoms with Gasteiger partial charge in [0, 0.05) is 32.2 Å². The number of hydrogen-bond donors (Lipinski definition) is 1. The minimum Gasteiger partial charge on any atom is -0.313 e. The Morgan fingerprint density at radius 3 is 2.74 bits per heavy atom. The van der Waals surface area contributed by atoms with Crippen LogP contribution in [0.1, 0.15) is 37.1 Å². The fourth-order valence-corrected chi connectivity index (χ4v) is 3.48. The lowest BCUT2D eigenvalue weighted by atomic mass is 10.2. The standard InChI is InChI=1S/C14H23BrN4/c1-10-14(15)13(18(2)17-10)9-19(12-5-6-12)8-11-4-3-7-16-11/h11-12,16H,3-9H2,1-2H3. The first-order valence-corrected chi connectivity index (χ1v) is 8.10. The Balaban J connectivity index is 1.70. The molecule has 1 unspecified atom stereocenters. The lowest BCUT2D eigenvalue weighted by Gasteiger charge is -2.25. The molecule has 1 aromatic rings. The minimum atomic E-state index is 0.689. The second-order valence-corrected chi connectivity index (χ2v) is 6.72. The van der Waals surface area contributed by atoms with Gasteiger partial charge in [-0.3, -0.25) is 9.58 Å². The summed E-state index contributed by atoms with van der Waals surface area (Å²) in [6.07, 6.45) is 5.38. The van der Waals surface area contributed by atoms with Gasteiger partial charge in [-0.15, -0.1) is 0 Å². The Morgan fingerprint density at radius 1 is 1.42 bits per heavy atom. The van der Waals surface area contributed by atoms with Gasteiger partial charge in [-0.05, 0) is 55.1 Å². The van der Waals surface area contributed by atoms with Crippen LogP contribution in [-0.2, 0) is 13.6 Å². The summed E-state index contributed by atoms with van der Waals surface area (Å²) in [5, 5.41) is 8.12. The van der Waals surface area contributed by atoms with Gasteiger partial charge < -0.3 is 5.32 Å². The minimum absolute atomic E-state index is 0.689. The molecule has 0 bridgehead atoms. The molecule has 1 saturated heterocycles. The quantitative estimate of drug-likeness (QED) is 0.900. The SMILES string of the molecule is Cc1nn(C)c(CN(CC2CCCN2)C2CC2)c1Br. The van der Waals surface area contributed by atoms with Gasteiger partial charge in [-0.1, -0.05) is 0 Å². The van der Waals surface area contributed by atoms with E-state index in [1.165, 1.54) is 48.9 Å². The topological polar surface area (TPSA) is 33.1 Å². The molecular weight excluding hydrogens is 304 g/mol. The number of aryl methyl sites for hydroxylation is 2. The van der Waals surface area contributed by atoms with Gasteiger partial charge in [-0.2, -0.15) is 5.10 Å². The number of hydrogen-bond acceptors (Lipinski definition) is 3. The van der Waals surface area contributed by atoms with Crippen LogP contribution in [0.5, 0.6) is 0 Å². The molecule has 1 aliphatic carbocycles. The van der Waals surface area contributed by atoms with Gasteiger partial charge in [0.2, 0.25) is 0 Å². The second-order valence-electron chi connectivity index (χ2n) is 5.92. The lowest BCUT2D eigenvalue weighted by molar-refractivity contribution is 0.225. The predicted octanol–water partition coefficient (Wildman–Crippen LogP) is 2.21. The van der Waals surface area contributed by atoms with Crippen molar-refractivity contribution in [1.82, 2.24) is 20.0 Å². The Labute approximate surface area is 123 Å². The van der Waals surface area contributed by atoms with E-state index in [1.807, 2.05) is 11.7 Å². The van der Waals surface area contributed by atoms with E-state index in [9.17, 15) is 0 Å². The molecular formula is C14H23BrN4. The molecule has 1 N–H and O–H groups in total. The van der Waals surface area contributed by atoms with Crippen molar-refractivity contribution in [2.24, 2.45) is 7.05 Å². The maximum atomic E-state index is 4.50. The van der Waals surface area contributed by atoms with Crippen molar-refractivity contribution in [3.63, 3.8) is 0 Å². The summed E-state index contributed by atoms with van der Waals surface area (Å²) in [4.78, 5) is 2.64. The van der Waals surface area contributed by atoms with Gasteiger partial charge in [0.25, 0.3) is 0 Å². The maximum Gasteiger partial charge on any atom is 0.0739 e. The molecule has 2 heterocycles. The van der Waals surface area contributed by atoms with Crippen LogP contribution >= 0.6 is 15.9 Å². The van der Waals surface area contributed by atoms with E-state index < -0.39 is 0 Å². The smallest absolute Gasteiger partial charge is 0.0739 e. The molecule has 106 valence electrons. The zero-order valence-corrected chi connectivity index (χ0v) is 13.4. The molecule has 2 aliphatic rings. The van der Waals surface area contributed by atoms with Crippen molar-refractivity contribution in [3.05, 3.63) is 15.9 Å². The molecule has 2 fully saturated rings. The molecule has 0 aromatic carbocycles. The van der Waals surface area contributed by atoms with E-state index in [2.05, 4.69) is 38.2 Å². The normalized spacial score (nSPS) is 23.5. The van der Waals surface area contributed by atoms with Crippen molar-refractivity contribution in [3.8, 4) is 0 Å². The van der Waals surface area contributed by atoms with Crippen LogP contribution in [0.25, 0.3) is 0 Å². The Hall–Kier alpha value is -0.390. The lowest BCUT2D eigenvalue weighted by Crippen LogP contribution is -2.38. The largest absolute Gasteiger partial charge is 0.313 e.